The second kappa shape index (κ2) is 8.52. The molecule has 0 saturated carbocycles. The Morgan fingerprint density at radius 1 is 1.45 bits per heavy atom. The molecule has 3 atom stereocenters. The van der Waals surface area contributed by atoms with E-state index < -0.39 is 12.1 Å². The summed E-state index contributed by atoms with van der Waals surface area (Å²) in [5, 5.41) is 3.17. The van der Waals surface area contributed by atoms with Gasteiger partial charge in [0, 0.05) is 5.25 Å². The third-order valence-electron chi connectivity index (χ3n) is 3.43. The van der Waals surface area contributed by atoms with Crippen molar-refractivity contribution in [3.63, 3.8) is 0 Å². The second-order valence-electron chi connectivity index (χ2n) is 5.45. The Hall–Kier alpha value is -0.750. The van der Waals surface area contributed by atoms with E-state index in [1.807, 2.05) is 25.6 Å². The van der Waals surface area contributed by atoms with Gasteiger partial charge in [0.15, 0.2) is 0 Å². The number of hydrogen-bond donors (Lipinski definition) is 2. The molecule has 5 nitrogen and oxygen atoms in total. The maximum atomic E-state index is 12.0. The Labute approximate surface area is 125 Å². The molecule has 3 N–H and O–H groups in total. The van der Waals surface area contributed by atoms with Crippen molar-refractivity contribution in [2.45, 2.75) is 57.4 Å². The fourth-order valence-electron chi connectivity index (χ4n) is 2.12. The van der Waals surface area contributed by atoms with E-state index in [1.165, 1.54) is 6.42 Å². The Bertz CT molecular complexity index is 330. The number of ether oxygens (including phenoxy) is 1. The molecule has 6 heteroatoms. The van der Waals surface area contributed by atoms with E-state index in [1.54, 1.807) is 6.92 Å². The number of rotatable bonds is 7. The molecule has 1 unspecified atom stereocenters. The van der Waals surface area contributed by atoms with Crippen molar-refractivity contribution >= 4 is 23.6 Å². The highest BCUT2D eigenvalue weighted by Crippen LogP contribution is 2.29. The minimum absolute atomic E-state index is 0.0405. The maximum absolute atomic E-state index is 12.0. The van der Waals surface area contributed by atoms with Crippen LogP contribution in [0.4, 0.5) is 0 Å². The number of carbonyl (C=O) groups is 2. The summed E-state index contributed by atoms with van der Waals surface area (Å²) in [6.07, 6.45) is 2.89. The first-order chi connectivity index (χ1) is 9.45. The molecule has 0 radical (unpaired) electrons. The summed E-state index contributed by atoms with van der Waals surface area (Å²) >= 11 is 1.86. The fraction of sp³-hybridized carbons (Fsp3) is 0.857. The third kappa shape index (κ3) is 5.32. The van der Waals surface area contributed by atoms with Gasteiger partial charge in [0.1, 0.15) is 6.04 Å². The standard InChI is InChI=1S/C14H26N2O3S/c1-4-19-14(18)11(8-10-6-5-7-20-10)16-13(17)12(15)9(2)3/h9-12H,4-8,15H2,1-3H3,(H,16,17)/t10?,11-,12-/m0/s1. The lowest BCUT2D eigenvalue weighted by Crippen LogP contribution is -2.51. The first kappa shape index (κ1) is 17.3. The monoisotopic (exact) mass is 302 g/mol. The number of nitrogens with two attached hydrogens (primary N) is 1. The minimum atomic E-state index is -0.594. The van der Waals surface area contributed by atoms with Crippen molar-refractivity contribution in [3.8, 4) is 0 Å². The molecule has 116 valence electrons. The van der Waals surface area contributed by atoms with Crippen LogP contribution in [0.5, 0.6) is 0 Å². The second-order valence-corrected chi connectivity index (χ2v) is 6.86. The molecule has 1 rings (SSSR count). The van der Waals surface area contributed by atoms with E-state index >= 15 is 0 Å². The molecule has 20 heavy (non-hydrogen) atoms. The predicted octanol–water partition coefficient (Wildman–Crippen LogP) is 1.30. The Kier molecular flexibility index (Phi) is 7.37. The van der Waals surface area contributed by atoms with E-state index in [-0.39, 0.29) is 17.8 Å². The molecule has 1 aliphatic heterocycles. The number of esters is 1. The average molecular weight is 302 g/mol. The van der Waals surface area contributed by atoms with Gasteiger partial charge < -0.3 is 15.8 Å². The smallest absolute Gasteiger partial charge is 0.328 e. The first-order valence-corrected chi connectivity index (χ1v) is 8.34. The van der Waals surface area contributed by atoms with E-state index in [2.05, 4.69) is 5.32 Å². The van der Waals surface area contributed by atoms with Gasteiger partial charge in [-0.3, -0.25) is 4.79 Å². The van der Waals surface area contributed by atoms with Crippen molar-refractivity contribution in [2.75, 3.05) is 12.4 Å². The van der Waals surface area contributed by atoms with Crippen LogP contribution in [0, 0.1) is 5.92 Å². The SMILES string of the molecule is CCOC(=O)[C@H](CC1CCCS1)NC(=O)[C@@H](N)C(C)C. The molecule has 1 amide bonds. The van der Waals surface area contributed by atoms with Gasteiger partial charge in [-0.15, -0.1) is 0 Å². The van der Waals surface area contributed by atoms with E-state index in [0.29, 0.717) is 18.3 Å². The predicted molar refractivity (Wildman–Crippen MR) is 81.5 cm³/mol. The Balaban J connectivity index is 2.61. The lowest BCUT2D eigenvalue weighted by Gasteiger charge is -2.23. The van der Waals surface area contributed by atoms with E-state index in [0.717, 1.165) is 12.2 Å². The van der Waals surface area contributed by atoms with Gasteiger partial charge in [0.25, 0.3) is 0 Å². The van der Waals surface area contributed by atoms with Gasteiger partial charge in [-0.1, -0.05) is 13.8 Å². The normalized spacial score (nSPS) is 21.6. The quantitative estimate of drug-likeness (QED) is 0.693. The van der Waals surface area contributed by atoms with Crippen LogP contribution in [-0.2, 0) is 14.3 Å². The summed E-state index contributed by atoms with van der Waals surface area (Å²) in [5.41, 5.74) is 5.82. The number of hydrogen-bond acceptors (Lipinski definition) is 5. The number of amides is 1. The molecule has 0 bridgehead atoms. The van der Waals surface area contributed by atoms with Gasteiger partial charge in [-0.25, -0.2) is 4.79 Å². The molecule has 1 fully saturated rings. The van der Waals surface area contributed by atoms with Crippen LogP contribution in [-0.4, -0.2) is 41.6 Å². The largest absolute Gasteiger partial charge is 0.464 e. The van der Waals surface area contributed by atoms with Gasteiger partial charge in [0.05, 0.1) is 12.6 Å². The van der Waals surface area contributed by atoms with Crippen LogP contribution in [0.25, 0.3) is 0 Å². The molecule has 0 aliphatic carbocycles. The molecular weight excluding hydrogens is 276 g/mol. The number of nitrogens with one attached hydrogen (secondary N) is 1. The van der Waals surface area contributed by atoms with Crippen LogP contribution in [0.15, 0.2) is 0 Å². The lowest BCUT2D eigenvalue weighted by atomic mass is 10.0. The highest BCUT2D eigenvalue weighted by Gasteiger charge is 2.29. The van der Waals surface area contributed by atoms with Gasteiger partial charge in [0.2, 0.25) is 5.91 Å². The van der Waals surface area contributed by atoms with Crippen molar-refractivity contribution in [3.05, 3.63) is 0 Å². The molecule has 1 heterocycles. The summed E-state index contributed by atoms with van der Waals surface area (Å²) in [7, 11) is 0. The van der Waals surface area contributed by atoms with Gasteiger partial charge in [-0.2, -0.15) is 11.8 Å². The summed E-state index contributed by atoms with van der Waals surface area (Å²) in [6.45, 7) is 5.85. The zero-order valence-electron chi connectivity index (χ0n) is 12.6. The number of carbonyl (C=O) groups excluding carboxylic acids is 2. The summed E-state index contributed by atoms with van der Waals surface area (Å²) in [4.78, 5) is 24.0. The van der Waals surface area contributed by atoms with Crippen molar-refractivity contribution < 1.29 is 14.3 Å². The molecule has 0 aromatic carbocycles. The van der Waals surface area contributed by atoms with Crippen molar-refractivity contribution in [1.29, 1.82) is 0 Å². The van der Waals surface area contributed by atoms with Gasteiger partial charge in [-0.05, 0) is 37.9 Å². The average Bonchev–Trinajstić information content (AvgIpc) is 2.90. The van der Waals surface area contributed by atoms with Crippen LogP contribution < -0.4 is 11.1 Å². The summed E-state index contributed by atoms with van der Waals surface area (Å²) < 4.78 is 5.05. The lowest BCUT2D eigenvalue weighted by molar-refractivity contribution is -0.147. The van der Waals surface area contributed by atoms with Crippen LogP contribution in [0.1, 0.15) is 40.0 Å². The van der Waals surface area contributed by atoms with E-state index in [4.69, 9.17) is 10.5 Å². The molecule has 0 aromatic rings. The van der Waals surface area contributed by atoms with Crippen LogP contribution in [0.3, 0.4) is 0 Å². The molecule has 1 aliphatic rings. The highest BCUT2D eigenvalue weighted by molar-refractivity contribution is 8.00. The van der Waals surface area contributed by atoms with Gasteiger partial charge >= 0.3 is 5.97 Å². The summed E-state index contributed by atoms with van der Waals surface area (Å²) in [5.74, 6) is 0.531. The minimum Gasteiger partial charge on any atom is -0.464 e. The summed E-state index contributed by atoms with van der Waals surface area (Å²) in [6, 6.07) is -1.17. The Morgan fingerprint density at radius 3 is 2.65 bits per heavy atom. The number of thioether (sulfide) groups is 1. The molecule has 0 aromatic heterocycles. The molecular formula is C14H26N2O3S. The molecule has 1 saturated heterocycles. The highest BCUT2D eigenvalue weighted by atomic mass is 32.2. The van der Waals surface area contributed by atoms with Crippen LogP contribution in [0.2, 0.25) is 0 Å². The zero-order chi connectivity index (χ0) is 15.1. The van der Waals surface area contributed by atoms with Crippen LogP contribution >= 0.6 is 11.8 Å². The topological polar surface area (TPSA) is 81.4 Å². The fourth-order valence-corrected chi connectivity index (χ4v) is 3.45. The first-order valence-electron chi connectivity index (χ1n) is 7.29. The van der Waals surface area contributed by atoms with E-state index in [9.17, 15) is 9.59 Å². The zero-order valence-corrected chi connectivity index (χ0v) is 13.4. The Morgan fingerprint density at radius 2 is 2.15 bits per heavy atom. The maximum Gasteiger partial charge on any atom is 0.328 e. The van der Waals surface area contributed by atoms with Crippen molar-refractivity contribution in [1.82, 2.24) is 5.32 Å². The molecule has 0 spiro atoms. The van der Waals surface area contributed by atoms with Crippen molar-refractivity contribution in [2.24, 2.45) is 11.7 Å². The third-order valence-corrected chi connectivity index (χ3v) is 4.86.